The van der Waals surface area contributed by atoms with Crippen LogP contribution in [-0.2, 0) is 14.6 Å². The zero-order valence-electron chi connectivity index (χ0n) is 18.8. The number of carbonyl (C=O) groups excluding carboxylic acids is 1. The largest absolute Gasteiger partial charge is 0.487 e. The van der Waals surface area contributed by atoms with E-state index in [1.54, 1.807) is 4.90 Å². The topological polar surface area (TPSA) is 85.8 Å². The molecule has 10 heteroatoms. The number of nitrogens with zero attached hydrogens (tertiary/aromatic N) is 2. The molecule has 4 rings (SSSR count). The summed E-state index contributed by atoms with van der Waals surface area (Å²) < 4.78 is 63.1. The molecule has 2 aromatic rings. The van der Waals surface area contributed by atoms with Gasteiger partial charge in [-0.15, -0.1) is 0 Å². The number of amides is 1. The average molecular weight is 481 g/mol. The molecule has 1 saturated carbocycles. The second-order valence-corrected chi connectivity index (χ2v) is 11.6. The minimum Gasteiger partial charge on any atom is -0.487 e. The molecule has 1 aromatic carbocycles. The maximum absolute atomic E-state index is 14.6. The van der Waals surface area contributed by atoms with Gasteiger partial charge in [0, 0.05) is 37.0 Å². The predicted octanol–water partition coefficient (Wildman–Crippen LogP) is 3.92. The minimum atomic E-state index is -3.42. The Labute approximate surface area is 191 Å². The molecule has 0 N–H and O–H groups in total. The molecule has 33 heavy (non-hydrogen) atoms. The van der Waals surface area contributed by atoms with Crippen LogP contribution in [0.3, 0.4) is 0 Å². The van der Waals surface area contributed by atoms with Crippen LogP contribution in [0, 0.1) is 29.4 Å². The fourth-order valence-electron chi connectivity index (χ4n) is 4.17. The molecule has 1 unspecified atom stereocenters. The first-order valence-electron chi connectivity index (χ1n) is 10.6. The van der Waals surface area contributed by atoms with Gasteiger partial charge in [-0.25, -0.2) is 22.0 Å². The van der Waals surface area contributed by atoms with E-state index >= 15 is 0 Å². The molecular weight excluding hydrogens is 454 g/mol. The lowest BCUT2D eigenvalue weighted by molar-refractivity contribution is 0.0260. The van der Waals surface area contributed by atoms with E-state index in [2.05, 4.69) is 4.98 Å². The van der Waals surface area contributed by atoms with E-state index in [1.165, 1.54) is 12.1 Å². The number of piperidine rings is 1. The fourth-order valence-corrected chi connectivity index (χ4v) is 4.73. The highest BCUT2D eigenvalue weighted by molar-refractivity contribution is 7.90. The Kier molecular flexibility index (Phi) is 5.84. The van der Waals surface area contributed by atoms with E-state index in [0.29, 0.717) is 13.1 Å². The van der Waals surface area contributed by atoms with Crippen molar-refractivity contribution in [3.05, 3.63) is 42.1 Å². The summed E-state index contributed by atoms with van der Waals surface area (Å²) in [5.41, 5.74) is -0.141. The van der Waals surface area contributed by atoms with Gasteiger partial charge in [0.1, 0.15) is 5.60 Å². The standard InChI is InChI=1S/C23H26F2N2O5S/c1-23(2,3)32-22(28)27-10-15-16(11-27)17(15)12-31-21-18(24)7-13(8-19(21)25)20-6-5-14(9-26-20)33(4,29)30/h5-9,15-17H,10-12H2,1-4H3/t15-,16?,17+/m0/s1. The van der Waals surface area contributed by atoms with E-state index < -0.39 is 32.8 Å². The minimum absolute atomic E-state index is 0.0207. The molecule has 1 saturated heterocycles. The molecule has 0 spiro atoms. The SMILES string of the molecule is CC(C)(C)OC(=O)N1CC2[C@H](COc3c(F)cc(-c4ccc(S(C)(=O)=O)cn4)cc3F)[C@H]2C1. The molecule has 1 aliphatic carbocycles. The molecule has 1 aromatic heterocycles. The van der Waals surface area contributed by atoms with E-state index in [-0.39, 0.29) is 46.6 Å². The fraction of sp³-hybridized carbons (Fsp3) is 0.478. The predicted molar refractivity (Wildman–Crippen MR) is 116 cm³/mol. The van der Waals surface area contributed by atoms with Gasteiger partial charge in [-0.05, 0) is 56.9 Å². The van der Waals surface area contributed by atoms with Crippen molar-refractivity contribution >= 4 is 15.9 Å². The Morgan fingerprint density at radius 3 is 2.24 bits per heavy atom. The number of carbonyl (C=O) groups is 1. The number of rotatable bonds is 5. The number of hydrogen-bond donors (Lipinski definition) is 0. The van der Waals surface area contributed by atoms with E-state index in [0.717, 1.165) is 24.6 Å². The molecule has 1 aliphatic heterocycles. The van der Waals surface area contributed by atoms with Crippen molar-refractivity contribution in [1.29, 1.82) is 0 Å². The molecule has 2 heterocycles. The molecular formula is C23H26F2N2O5S. The van der Waals surface area contributed by atoms with Crippen molar-refractivity contribution in [2.75, 3.05) is 26.0 Å². The number of ether oxygens (including phenoxy) is 2. The number of sulfone groups is 1. The van der Waals surface area contributed by atoms with Crippen LogP contribution >= 0.6 is 0 Å². The number of pyridine rings is 1. The third-order valence-electron chi connectivity index (χ3n) is 5.90. The molecule has 2 fully saturated rings. The van der Waals surface area contributed by atoms with Crippen LogP contribution in [0.5, 0.6) is 5.75 Å². The van der Waals surface area contributed by atoms with Crippen molar-refractivity contribution in [2.24, 2.45) is 17.8 Å². The summed E-state index contributed by atoms with van der Waals surface area (Å²) in [6.07, 6.45) is 1.86. The molecule has 0 radical (unpaired) electrons. The van der Waals surface area contributed by atoms with Gasteiger partial charge in [-0.1, -0.05) is 0 Å². The van der Waals surface area contributed by atoms with Gasteiger partial charge in [0.05, 0.1) is 17.2 Å². The van der Waals surface area contributed by atoms with E-state index in [4.69, 9.17) is 9.47 Å². The number of fused-ring (bicyclic) bond motifs is 1. The molecule has 7 nitrogen and oxygen atoms in total. The third-order valence-corrected chi connectivity index (χ3v) is 7.00. The quantitative estimate of drug-likeness (QED) is 0.645. The van der Waals surface area contributed by atoms with Gasteiger partial charge >= 0.3 is 6.09 Å². The summed E-state index contributed by atoms with van der Waals surface area (Å²) >= 11 is 0. The van der Waals surface area contributed by atoms with Gasteiger partial charge < -0.3 is 14.4 Å². The third kappa shape index (κ3) is 5.10. The van der Waals surface area contributed by atoms with Crippen molar-refractivity contribution in [2.45, 2.75) is 31.3 Å². The highest BCUT2D eigenvalue weighted by Crippen LogP contribution is 2.52. The van der Waals surface area contributed by atoms with Gasteiger partial charge in [-0.2, -0.15) is 0 Å². The number of hydrogen-bond acceptors (Lipinski definition) is 6. The second-order valence-electron chi connectivity index (χ2n) is 9.61. The van der Waals surface area contributed by atoms with E-state index in [1.807, 2.05) is 20.8 Å². The normalized spacial score (nSPS) is 22.1. The van der Waals surface area contributed by atoms with Crippen LogP contribution in [0.25, 0.3) is 11.3 Å². The molecule has 0 bridgehead atoms. The molecule has 178 valence electrons. The summed E-state index contributed by atoms with van der Waals surface area (Å²) in [6, 6.07) is 4.95. The van der Waals surface area contributed by atoms with Crippen LogP contribution in [-0.4, -0.2) is 55.9 Å². The van der Waals surface area contributed by atoms with Crippen molar-refractivity contribution in [1.82, 2.24) is 9.88 Å². The van der Waals surface area contributed by atoms with Crippen molar-refractivity contribution in [3.63, 3.8) is 0 Å². The maximum atomic E-state index is 14.6. The van der Waals surface area contributed by atoms with Gasteiger partial charge in [0.15, 0.2) is 27.2 Å². The molecule has 3 atom stereocenters. The summed E-state index contributed by atoms with van der Waals surface area (Å²) in [4.78, 5) is 17.8. The second kappa shape index (κ2) is 8.23. The smallest absolute Gasteiger partial charge is 0.410 e. The van der Waals surface area contributed by atoms with E-state index in [9.17, 15) is 22.0 Å². The molecule has 1 amide bonds. The van der Waals surface area contributed by atoms with Crippen LogP contribution in [0.2, 0.25) is 0 Å². The summed E-state index contributed by atoms with van der Waals surface area (Å²) in [6.45, 7) is 6.69. The monoisotopic (exact) mass is 480 g/mol. The number of benzene rings is 1. The lowest BCUT2D eigenvalue weighted by Gasteiger charge is -2.25. The summed E-state index contributed by atoms with van der Waals surface area (Å²) in [7, 11) is -3.42. The maximum Gasteiger partial charge on any atom is 0.410 e. The summed E-state index contributed by atoms with van der Waals surface area (Å²) in [5.74, 6) is -1.57. The number of aromatic nitrogens is 1. The average Bonchev–Trinajstić information content (AvgIpc) is 3.14. The van der Waals surface area contributed by atoms with Crippen molar-refractivity contribution in [3.8, 4) is 17.0 Å². The summed E-state index contributed by atoms with van der Waals surface area (Å²) in [5, 5.41) is 0. The number of likely N-dealkylation sites (tertiary alicyclic amines) is 1. The Morgan fingerprint density at radius 1 is 1.15 bits per heavy atom. The molecule has 2 aliphatic rings. The first-order valence-corrected chi connectivity index (χ1v) is 12.5. The highest BCUT2D eigenvalue weighted by atomic mass is 32.2. The Hall–Kier alpha value is -2.75. The zero-order chi connectivity index (χ0) is 24.1. The number of halogens is 2. The highest BCUT2D eigenvalue weighted by Gasteiger charge is 2.57. The van der Waals surface area contributed by atoms with Crippen molar-refractivity contribution < 1.29 is 31.5 Å². The Bertz CT molecular complexity index is 1140. The Balaban J connectivity index is 1.36. The van der Waals surface area contributed by atoms with Gasteiger partial charge in [0.25, 0.3) is 0 Å². The van der Waals surface area contributed by atoms with Crippen LogP contribution < -0.4 is 4.74 Å². The van der Waals surface area contributed by atoms with Crippen LogP contribution in [0.1, 0.15) is 20.8 Å². The lowest BCUT2D eigenvalue weighted by atomic mass is 10.1. The first kappa shape index (κ1) is 23.4. The lowest BCUT2D eigenvalue weighted by Crippen LogP contribution is -2.37. The van der Waals surface area contributed by atoms with Gasteiger partial charge in [-0.3, -0.25) is 4.98 Å². The zero-order valence-corrected chi connectivity index (χ0v) is 19.7. The van der Waals surface area contributed by atoms with Crippen LogP contribution in [0.15, 0.2) is 35.4 Å². The Morgan fingerprint density at radius 2 is 1.76 bits per heavy atom. The van der Waals surface area contributed by atoms with Gasteiger partial charge in [0.2, 0.25) is 0 Å². The van der Waals surface area contributed by atoms with Crippen LogP contribution in [0.4, 0.5) is 13.6 Å². The first-order chi connectivity index (χ1) is 15.3.